The van der Waals surface area contributed by atoms with Crippen molar-refractivity contribution in [1.82, 2.24) is 14.8 Å². The summed E-state index contributed by atoms with van der Waals surface area (Å²) in [7, 11) is 0. The molecule has 0 saturated carbocycles. The zero-order valence-corrected chi connectivity index (χ0v) is 17.2. The van der Waals surface area contributed by atoms with Crippen LogP contribution in [0.2, 0.25) is 0 Å². The first-order valence-corrected chi connectivity index (χ1v) is 10.1. The van der Waals surface area contributed by atoms with Crippen molar-refractivity contribution in [2.45, 2.75) is 44.9 Å². The van der Waals surface area contributed by atoms with E-state index in [1.54, 1.807) is 19.9 Å². The number of aryl methyl sites for hydroxylation is 1. The molecule has 2 aliphatic rings. The monoisotopic (exact) mass is 431 g/mol. The van der Waals surface area contributed by atoms with Gasteiger partial charge in [-0.15, -0.1) is 0 Å². The predicted octanol–water partition coefficient (Wildman–Crippen LogP) is 2.23. The molecule has 9 heteroatoms. The number of amides is 2. The number of fused-ring (bicyclic) bond motifs is 4. The van der Waals surface area contributed by atoms with E-state index in [2.05, 4.69) is 5.32 Å². The Morgan fingerprint density at radius 3 is 2.81 bits per heavy atom. The maximum Gasteiger partial charge on any atom is 0.274 e. The van der Waals surface area contributed by atoms with Gasteiger partial charge in [0.05, 0.1) is 5.54 Å². The molecule has 1 aromatic carbocycles. The quantitative estimate of drug-likeness (QED) is 0.780. The van der Waals surface area contributed by atoms with Crippen molar-refractivity contribution in [3.63, 3.8) is 0 Å². The minimum absolute atomic E-state index is 0.0712. The molecule has 31 heavy (non-hydrogen) atoms. The van der Waals surface area contributed by atoms with Crippen LogP contribution in [-0.4, -0.2) is 45.6 Å². The number of halogens is 2. The van der Waals surface area contributed by atoms with Crippen molar-refractivity contribution in [2.24, 2.45) is 0 Å². The maximum atomic E-state index is 14.4. The van der Waals surface area contributed by atoms with Crippen LogP contribution >= 0.6 is 0 Å². The van der Waals surface area contributed by atoms with Gasteiger partial charge in [-0.2, -0.15) is 0 Å². The van der Waals surface area contributed by atoms with Crippen molar-refractivity contribution in [3.05, 3.63) is 62.8 Å². The van der Waals surface area contributed by atoms with Gasteiger partial charge in [0.2, 0.25) is 5.43 Å². The molecule has 1 unspecified atom stereocenters. The van der Waals surface area contributed by atoms with E-state index in [1.165, 1.54) is 27.8 Å². The Bertz CT molecular complexity index is 1150. The van der Waals surface area contributed by atoms with E-state index < -0.39 is 46.1 Å². The molecule has 7 nitrogen and oxygen atoms in total. The minimum Gasteiger partial charge on any atom is -0.503 e. The summed E-state index contributed by atoms with van der Waals surface area (Å²) in [5.74, 6) is -2.72. The number of pyridine rings is 1. The average Bonchev–Trinajstić information content (AvgIpc) is 2.84. The van der Waals surface area contributed by atoms with Gasteiger partial charge in [-0.05, 0) is 31.9 Å². The number of benzene rings is 1. The van der Waals surface area contributed by atoms with E-state index >= 15 is 0 Å². The molecule has 2 bridgehead atoms. The highest BCUT2D eigenvalue weighted by atomic mass is 19.1. The second-order valence-corrected chi connectivity index (χ2v) is 8.53. The number of carbonyl (C=O) groups is 2. The molecule has 2 atom stereocenters. The summed E-state index contributed by atoms with van der Waals surface area (Å²) in [6.07, 6.45) is 0.265. The van der Waals surface area contributed by atoms with Crippen LogP contribution in [0.4, 0.5) is 8.78 Å². The molecule has 3 heterocycles. The maximum absolute atomic E-state index is 14.4. The fourth-order valence-electron chi connectivity index (χ4n) is 4.39. The Kier molecular flexibility index (Phi) is 5.07. The number of hydrogen-bond acceptors (Lipinski definition) is 4. The fraction of sp³-hybridized carbons (Fsp3) is 0.409. The summed E-state index contributed by atoms with van der Waals surface area (Å²) in [4.78, 5) is 39.6. The largest absolute Gasteiger partial charge is 0.503 e. The van der Waals surface area contributed by atoms with Crippen molar-refractivity contribution < 1.29 is 23.5 Å². The molecule has 1 aromatic heterocycles. The van der Waals surface area contributed by atoms with E-state index in [4.69, 9.17) is 0 Å². The Hall–Kier alpha value is -3.23. The van der Waals surface area contributed by atoms with Gasteiger partial charge in [0.1, 0.15) is 17.6 Å². The molecule has 1 saturated heterocycles. The lowest BCUT2D eigenvalue weighted by atomic mass is 9.91. The van der Waals surface area contributed by atoms with E-state index in [1.807, 2.05) is 0 Å². The number of hydrogen-bond donors (Lipinski definition) is 2. The van der Waals surface area contributed by atoms with Crippen LogP contribution in [0.3, 0.4) is 0 Å². The van der Waals surface area contributed by atoms with E-state index in [0.29, 0.717) is 0 Å². The van der Waals surface area contributed by atoms with Crippen LogP contribution in [0.1, 0.15) is 51.7 Å². The summed E-state index contributed by atoms with van der Waals surface area (Å²) in [5, 5.41) is 13.0. The van der Waals surface area contributed by atoms with Crippen LogP contribution in [0.25, 0.3) is 0 Å². The highest BCUT2D eigenvalue weighted by molar-refractivity contribution is 5.99. The summed E-state index contributed by atoms with van der Waals surface area (Å²) >= 11 is 0. The zero-order valence-electron chi connectivity index (χ0n) is 17.2. The van der Waals surface area contributed by atoms with Crippen LogP contribution in [0, 0.1) is 12.7 Å². The highest BCUT2D eigenvalue weighted by Gasteiger charge is 2.45. The Balaban J connectivity index is 1.71. The number of alkyl halides is 1. The predicted molar refractivity (Wildman–Crippen MR) is 108 cm³/mol. The van der Waals surface area contributed by atoms with Gasteiger partial charge in [0.25, 0.3) is 11.8 Å². The average molecular weight is 431 g/mol. The number of aromatic nitrogens is 1. The van der Waals surface area contributed by atoms with Gasteiger partial charge >= 0.3 is 0 Å². The first kappa shape index (κ1) is 21.0. The molecule has 0 aliphatic carbocycles. The third kappa shape index (κ3) is 3.58. The van der Waals surface area contributed by atoms with Gasteiger partial charge in [-0.3, -0.25) is 14.4 Å². The van der Waals surface area contributed by atoms with Gasteiger partial charge in [-0.1, -0.05) is 12.1 Å². The summed E-state index contributed by atoms with van der Waals surface area (Å²) in [6.45, 7) is 3.69. The number of rotatable bonds is 3. The second-order valence-electron chi connectivity index (χ2n) is 8.53. The van der Waals surface area contributed by atoms with Crippen molar-refractivity contribution in [1.29, 1.82) is 0 Å². The topological polar surface area (TPSA) is 91.6 Å². The number of nitrogens with zero attached hydrogens (tertiary/aromatic N) is 2. The van der Waals surface area contributed by atoms with Crippen molar-refractivity contribution in [2.75, 3.05) is 13.1 Å². The van der Waals surface area contributed by atoms with Gasteiger partial charge in [0.15, 0.2) is 11.4 Å². The standard InChI is InChI=1S/C22H23F2N3O4/c1-12-3-4-13(16(24)7-12)9-25-20(30)15-10-27-17(19(29)18(15)28)21(31)26-6-5-14(23)8-22(27,2)11-26/h3-4,7,10,14,29H,5-6,8-9,11H2,1-2H3,(H,25,30)/t14?,22-/m0/s1. The van der Waals surface area contributed by atoms with Crippen LogP contribution in [0.5, 0.6) is 5.75 Å². The van der Waals surface area contributed by atoms with Crippen LogP contribution < -0.4 is 10.7 Å². The number of nitrogens with one attached hydrogen (secondary N) is 1. The van der Waals surface area contributed by atoms with Crippen molar-refractivity contribution in [3.8, 4) is 5.75 Å². The summed E-state index contributed by atoms with van der Waals surface area (Å²) < 4.78 is 29.8. The fourth-order valence-corrected chi connectivity index (χ4v) is 4.39. The summed E-state index contributed by atoms with van der Waals surface area (Å²) in [6, 6.07) is 4.56. The van der Waals surface area contributed by atoms with Gasteiger partial charge in [0, 0.05) is 37.8 Å². The second kappa shape index (κ2) is 7.47. The molecular formula is C22H23F2N3O4. The molecule has 2 aromatic rings. The zero-order chi connectivity index (χ0) is 22.5. The lowest BCUT2D eigenvalue weighted by Gasteiger charge is -2.42. The smallest absolute Gasteiger partial charge is 0.274 e. The molecule has 2 aliphatic heterocycles. The third-order valence-corrected chi connectivity index (χ3v) is 6.05. The Morgan fingerprint density at radius 1 is 1.35 bits per heavy atom. The van der Waals surface area contributed by atoms with E-state index in [0.717, 1.165) is 5.56 Å². The molecular weight excluding hydrogens is 408 g/mol. The van der Waals surface area contributed by atoms with Crippen LogP contribution in [-0.2, 0) is 12.1 Å². The lowest BCUT2D eigenvalue weighted by molar-refractivity contribution is 0.0586. The first-order chi connectivity index (χ1) is 14.6. The third-order valence-electron chi connectivity index (χ3n) is 6.05. The Labute approximate surface area is 177 Å². The molecule has 164 valence electrons. The van der Waals surface area contributed by atoms with Gasteiger partial charge < -0.3 is 19.9 Å². The van der Waals surface area contributed by atoms with Crippen molar-refractivity contribution >= 4 is 11.8 Å². The highest BCUT2D eigenvalue weighted by Crippen LogP contribution is 2.37. The molecule has 0 radical (unpaired) electrons. The first-order valence-electron chi connectivity index (χ1n) is 10.1. The number of carbonyl (C=O) groups excluding carboxylic acids is 2. The molecule has 2 amide bonds. The van der Waals surface area contributed by atoms with Gasteiger partial charge in [-0.25, -0.2) is 8.78 Å². The van der Waals surface area contributed by atoms with E-state index in [-0.39, 0.29) is 43.7 Å². The van der Waals surface area contributed by atoms with E-state index in [9.17, 15) is 28.3 Å². The number of aromatic hydroxyl groups is 1. The molecule has 0 spiro atoms. The molecule has 1 fully saturated rings. The minimum atomic E-state index is -1.17. The summed E-state index contributed by atoms with van der Waals surface area (Å²) in [5.41, 5.74) is -1.59. The Morgan fingerprint density at radius 2 is 2.10 bits per heavy atom. The SMILES string of the molecule is Cc1ccc(CNC(=O)c2cn3c(c(O)c2=O)C(=O)N2CCC(F)C[C@@]3(C)C2)c(F)c1. The lowest BCUT2D eigenvalue weighted by Crippen LogP contribution is -2.52. The molecule has 4 rings (SSSR count). The van der Waals surface area contributed by atoms with Crippen LogP contribution in [0.15, 0.2) is 29.2 Å². The molecule has 2 N–H and O–H groups in total. The normalized spacial score (nSPS) is 22.6.